The number of rotatable bonds is 8. The Bertz CT molecular complexity index is 1400. The van der Waals surface area contributed by atoms with Gasteiger partial charge in [-0.3, -0.25) is 0 Å². The van der Waals surface area contributed by atoms with Crippen molar-refractivity contribution in [3.05, 3.63) is 94.4 Å². The number of amidine groups is 2. The molecular weight excluding hydrogens is 537 g/mol. The van der Waals surface area contributed by atoms with Crippen LogP contribution in [0.25, 0.3) is 5.41 Å². The summed E-state index contributed by atoms with van der Waals surface area (Å²) in [6.45, 7) is 5.18. The van der Waals surface area contributed by atoms with Crippen molar-refractivity contribution in [3.8, 4) is 5.75 Å². The van der Waals surface area contributed by atoms with Crippen LogP contribution in [0.15, 0.2) is 81.9 Å². The van der Waals surface area contributed by atoms with Crippen LogP contribution in [0.5, 0.6) is 5.75 Å². The van der Waals surface area contributed by atoms with Gasteiger partial charge in [0.15, 0.2) is 5.17 Å². The van der Waals surface area contributed by atoms with Crippen LogP contribution < -0.4 is 15.0 Å². The van der Waals surface area contributed by atoms with Crippen LogP contribution in [0.4, 0.5) is 24.5 Å². The Morgan fingerprint density at radius 1 is 1.10 bits per heavy atom. The molecule has 11 heteroatoms. The molecule has 3 aromatic carbocycles. The number of hydrogen-bond acceptors (Lipinski definition) is 4. The lowest BCUT2D eigenvalue weighted by atomic mass is 10.0. The van der Waals surface area contributed by atoms with Crippen LogP contribution >= 0.6 is 11.8 Å². The number of benzene rings is 3. The molecule has 1 N–H and O–H groups in total. The van der Waals surface area contributed by atoms with Crippen molar-refractivity contribution in [1.82, 2.24) is 0 Å². The summed E-state index contributed by atoms with van der Waals surface area (Å²) >= 11 is 1.70. The van der Waals surface area contributed by atoms with Crippen molar-refractivity contribution in [3.63, 3.8) is 0 Å². The molecule has 7 nitrogen and oxygen atoms in total. The van der Waals surface area contributed by atoms with E-state index in [-0.39, 0.29) is 11.6 Å². The minimum atomic E-state index is -4.75. The molecule has 0 aliphatic carbocycles. The zero-order chi connectivity index (χ0) is 28.5. The van der Waals surface area contributed by atoms with E-state index < -0.39 is 6.36 Å². The van der Waals surface area contributed by atoms with Crippen molar-refractivity contribution >= 4 is 46.7 Å². The highest BCUT2D eigenvalue weighted by Crippen LogP contribution is 2.31. The van der Waals surface area contributed by atoms with Gasteiger partial charge in [-0.15, -0.1) is 18.3 Å². The minimum absolute atomic E-state index is 0.229. The molecule has 1 fully saturated rings. The SMILES string of the molecule is CCc1cccc(C)c1N1CCCS/C1=N\N=C\c1ccc(C(=[N-])N=CNc2ccc(OC(F)(F)F)cc2)cc1. The molecule has 1 aliphatic rings. The second kappa shape index (κ2) is 13.3. The van der Waals surface area contributed by atoms with Gasteiger partial charge in [0, 0.05) is 23.7 Å². The fourth-order valence-electron chi connectivity index (χ4n) is 4.10. The molecule has 1 saturated heterocycles. The maximum atomic E-state index is 12.3. The quantitative estimate of drug-likeness (QED) is 0.177. The highest BCUT2D eigenvalue weighted by molar-refractivity contribution is 8.14. The molecule has 0 spiro atoms. The summed E-state index contributed by atoms with van der Waals surface area (Å²) in [5.41, 5.74) is 5.48. The van der Waals surface area contributed by atoms with Crippen molar-refractivity contribution in [2.45, 2.75) is 33.1 Å². The predicted molar refractivity (Wildman–Crippen MR) is 159 cm³/mol. The fraction of sp³-hybridized carbons (Fsp3) is 0.241. The average molecular weight is 566 g/mol. The van der Waals surface area contributed by atoms with Crippen molar-refractivity contribution in [2.24, 2.45) is 15.2 Å². The largest absolute Gasteiger partial charge is 0.573 e. The normalized spacial score (nSPS) is 15.2. The number of ether oxygens (including phenoxy) is 1. The molecule has 0 amide bonds. The predicted octanol–water partition coefficient (Wildman–Crippen LogP) is 7.25. The molecule has 3 aromatic rings. The van der Waals surface area contributed by atoms with Gasteiger partial charge in [-0.2, -0.15) is 5.10 Å². The lowest BCUT2D eigenvalue weighted by Gasteiger charge is -2.31. The molecule has 0 aromatic heterocycles. The highest BCUT2D eigenvalue weighted by atomic mass is 32.2. The summed E-state index contributed by atoms with van der Waals surface area (Å²) in [4.78, 5) is 6.20. The van der Waals surface area contributed by atoms with E-state index in [2.05, 4.69) is 62.2 Å². The van der Waals surface area contributed by atoms with Crippen molar-refractivity contribution in [2.75, 3.05) is 22.5 Å². The Hall–Kier alpha value is -4.12. The van der Waals surface area contributed by atoms with Crippen LogP contribution in [0.2, 0.25) is 0 Å². The van der Waals surface area contributed by atoms with Crippen molar-refractivity contribution < 1.29 is 17.9 Å². The third-order valence-electron chi connectivity index (χ3n) is 5.99. The van der Waals surface area contributed by atoms with Crippen LogP contribution in [0.3, 0.4) is 0 Å². The van der Waals surface area contributed by atoms with Crippen LogP contribution in [0.1, 0.15) is 35.6 Å². The summed E-state index contributed by atoms with van der Waals surface area (Å²) in [6.07, 6.45) is 0.179. The molecule has 0 unspecified atom stereocenters. The Labute approximate surface area is 235 Å². The van der Waals surface area contributed by atoms with E-state index in [1.165, 1.54) is 47.4 Å². The van der Waals surface area contributed by atoms with Crippen molar-refractivity contribution in [1.29, 1.82) is 0 Å². The number of halogens is 3. The standard InChI is InChI=1S/C29H28F3N6OS/c1-3-22-7-4-6-20(2)26(22)38-16-5-17-40-28(38)37-36-18-21-8-10-23(11-9-21)27(33)35-19-34-24-12-14-25(15-13-24)39-29(30,31)32/h4,6-15,18-19H,3,5,16-17H2,1-2H3,(H-,33,34,35)/q-1/b36-18+,37-28-. The zero-order valence-electron chi connectivity index (χ0n) is 22.0. The summed E-state index contributed by atoms with van der Waals surface area (Å²) < 4.78 is 40.6. The van der Waals surface area contributed by atoms with Gasteiger partial charge in [-0.1, -0.05) is 67.0 Å². The maximum absolute atomic E-state index is 12.3. The number of aliphatic imine (C=N–C) groups is 1. The molecule has 1 aliphatic heterocycles. The van der Waals surface area contributed by atoms with E-state index in [1.807, 2.05) is 0 Å². The fourth-order valence-corrected chi connectivity index (χ4v) is 5.00. The minimum Gasteiger partial charge on any atom is -0.464 e. The first kappa shape index (κ1) is 28.9. The van der Waals surface area contributed by atoms with Gasteiger partial charge in [-0.25, -0.2) is 0 Å². The van der Waals surface area contributed by atoms with Gasteiger partial charge in [0.1, 0.15) is 5.75 Å². The van der Waals surface area contributed by atoms with Crippen LogP contribution in [0, 0.1) is 6.92 Å². The maximum Gasteiger partial charge on any atom is 0.573 e. The number of hydrogen-bond donors (Lipinski definition) is 1. The lowest BCUT2D eigenvalue weighted by Crippen LogP contribution is -2.35. The van der Waals surface area contributed by atoms with Gasteiger partial charge >= 0.3 is 6.36 Å². The lowest BCUT2D eigenvalue weighted by molar-refractivity contribution is -0.274. The first-order valence-electron chi connectivity index (χ1n) is 12.6. The van der Waals surface area contributed by atoms with E-state index >= 15 is 0 Å². The topological polar surface area (TPSA) is 83.9 Å². The third-order valence-corrected chi connectivity index (χ3v) is 7.04. The summed E-state index contributed by atoms with van der Waals surface area (Å²) in [5.74, 6) is 0.438. The smallest absolute Gasteiger partial charge is 0.464 e. The van der Waals surface area contributed by atoms with Gasteiger partial charge in [0.2, 0.25) is 0 Å². The van der Waals surface area contributed by atoms with Crippen LogP contribution in [-0.4, -0.2) is 42.2 Å². The molecule has 40 heavy (non-hydrogen) atoms. The summed E-state index contributed by atoms with van der Waals surface area (Å²) in [7, 11) is 0. The molecule has 4 rings (SSSR count). The third kappa shape index (κ3) is 7.95. The van der Waals surface area contributed by atoms with E-state index in [4.69, 9.17) is 0 Å². The Morgan fingerprint density at radius 3 is 2.55 bits per heavy atom. The molecule has 0 radical (unpaired) electrons. The summed E-state index contributed by atoms with van der Waals surface area (Å²) in [5, 5.41) is 22.8. The number of nitrogens with zero attached hydrogens (tertiary/aromatic N) is 5. The van der Waals surface area contributed by atoms with E-state index in [0.29, 0.717) is 11.3 Å². The summed E-state index contributed by atoms with van der Waals surface area (Å²) in [6, 6.07) is 18.5. The van der Waals surface area contributed by atoms with Crippen LogP contribution in [-0.2, 0) is 6.42 Å². The molecule has 0 saturated carbocycles. The number of anilines is 2. The number of thioether (sulfide) groups is 1. The first-order valence-corrected chi connectivity index (χ1v) is 13.6. The van der Waals surface area contributed by atoms with Gasteiger partial charge in [0.25, 0.3) is 0 Å². The van der Waals surface area contributed by atoms with Gasteiger partial charge in [-0.05, 0) is 72.6 Å². The number of alkyl halides is 3. The van der Waals surface area contributed by atoms with Gasteiger partial charge < -0.3 is 25.4 Å². The average Bonchev–Trinajstić information content (AvgIpc) is 2.94. The molecule has 1 heterocycles. The van der Waals surface area contributed by atoms with E-state index in [9.17, 15) is 18.6 Å². The second-order valence-corrected chi connectivity index (χ2v) is 9.90. The number of para-hydroxylation sites is 1. The molecule has 0 atom stereocenters. The van der Waals surface area contributed by atoms with Gasteiger partial charge in [0.05, 0.1) is 6.21 Å². The monoisotopic (exact) mass is 565 g/mol. The Morgan fingerprint density at radius 2 is 1.85 bits per heavy atom. The zero-order valence-corrected chi connectivity index (χ0v) is 22.8. The number of nitrogens with one attached hydrogen (secondary N) is 1. The highest BCUT2D eigenvalue weighted by Gasteiger charge is 2.31. The Kier molecular flexibility index (Phi) is 9.60. The second-order valence-electron chi connectivity index (χ2n) is 8.84. The van der Waals surface area contributed by atoms with E-state index in [1.54, 1.807) is 42.2 Å². The van der Waals surface area contributed by atoms with E-state index in [0.717, 1.165) is 35.9 Å². The molecule has 208 valence electrons. The first-order chi connectivity index (χ1) is 19.2. The molecule has 0 bridgehead atoms. The molecular formula is C29H28F3N6OS-. The Balaban J connectivity index is 1.36. The number of aryl methyl sites for hydroxylation is 2.